The van der Waals surface area contributed by atoms with Crippen molar-refractivity contribution in [2.45, 2.75) is 19.1 Å². The van der Waals surface area contributed by atoms with Crippen molar-refractivity contribution in [3.8, 4) is 0 Å². The molecule has 23 heavy (non-hydrogen) atoms. The normalized spacial score (nSPS) is 13.1. The number of nitro benzene ring substituents is 1. The molecule has 0 aliphatic carbocycles. The number of para-hydroxylation sites is 1. The van der Waals surface area contributed by atoms with Crippen LogP contribution in [0.3, 0.4) is 0 Å². The second-order valence-electron chi connectivity index (χ2n) is 5.17. The smallest absolute Gasteiger partial charge is 0.315 e. The first-order valence-corrected chi connectivity index (χ1v) is 7.78. The standard InChI is InChI=1S/C15H17N3O4S/c1-15(20,13-7-4-8-23-13)10-17-14(19)16-9-11-5-2-3-6-12(11)18(21)22/h2-8,20H,9-10H2,1H3,(H2,16,17,19). The van der Waals surface area contributed by atoms with Gasteiger partial charge >= 0.3 is 6.03 Å². The molecule has 1 aromatic carbocycles. The molecule has 2 rings (SSSR count). The van der Waals surface area contributed by atoms with Gasteiger partial charge in [0.15, 0.2) is 0 Å². The first-order chi connectivity index (χ1) is 10.9. The van der Waals surface area contributed by atoms with Gasteiger partial charge in [-0.3, -0.25) is 10.1 Å². The maximum atomic E-state index is 11.8. The second-order valence-corrected chi connectivity index (χ2v) is 6.12. The number of benzene rings is 1. The van der Waals surface area contributed by atoms with Crippen LogP contribution in [0.5, 0.6) is 0 Å². The Labute approximate surface area is 137 Å². The van der Waals surface area contributed by atoms with E-state index in [-0.39, 0.29) is 18.8 Å². The topological polar surface area (TPSA) is 104 Å². The Kier molecular flexibility index (Phi) is 5.30. The van der Waals surface area contributed by atoms with Crippen molar-refractivity contribution >= 4 is 23.1 Å². The molecule has 3 N–H and O–H groups in total. The van der Waals surface area contributed by atoms with Crippen LogP contribution in [-0.4, -0.2) is 22.6 Å². The molecule has 0 bridgehead atoms. The lowest BCUT2D eigenvalue weighted by molar-refractivity contribution is -0.385. The molecule has 0 radical (unpaired) electrons. The highest BCUT2D eigenvalue weighted by Crippen LogP contribution is 2.24. The third kappa shape index (κ3) is 4.51. The van der Waals surface area contributed by atoms with E-state index in [0.717, 1.165) is 4.88 Å². The van der Waals surface area contributed by atoms with E-state index in [9.17, 15) is 20.0 Å². The number of amides is 2. The molecule has 2 aromatic rings. The number of nitro groups is 1. The maximum Gasteiger partial charge on any atom is 0.315 e. The highest BCUT2D eigenvalue weighted by Gasteiger charge is 2.24. The molecule has 1 unspecified atom stereocenters. The van der Waals surface area contributed by atoms with Crippen LogP contribution in [0.15, 0.2) is 41.8 Å². The lowest BCUT2D eigenvalue weighted by atomic mass is 10.1. The van der Waals surface area contributed by atoms with Gasteiger partial charge in [-0.05, 0) is 18.4 Å². The molecule has 7 nitrogen and oxygen atoms in total. The average molecular weight is 335 g/mol. The third-order valence-corrected chi connectivity index (χ3v) is 4.40. The van der Waals surface area contributed by atoms with E-state index in [1.54, 1.807) is 31.2 Å². The van der Waals surface area contributed by atoms with Gasteiger partial charge in [-0.2, -0.15) is 0 Å². The van der Waals surface area contributed by atoms with Gasteiger partial charge in [0.2, 0.25) is 0 Å². The molecule has 0 aliphatic heterocycles. The zero-order valence-corrected chi connectivity index (χ0v) is 13.3. The van der Waals surface area contributed by atoms with Crippen LogP contribution in [0.25, 0.3) is 0 Å². The number of rotatable bonds is 6. The van der Waals surface area contributed by atoms with Crippen molar-refractivity contribution in [3.05, 3.63) is 62.3 Å². The molecule has 0 saturated carbocycles. The quantitative estimate of drug-likeness (QED) is 0.557. The number of aliphatic hydroxyl groups is 1. The summed E-state index contributed by atoms with van der Waals surface area (Å²) in [4.78, 5) is 23.0. The van der Waals surface area contributed by atoms with E-state index >= 15 is 0 Å². The molecular formula is C15H17N3O4S. The Morgan fingerprint density at radius 3 is 2.70 bits per heavy atom. The van der Waals surface area contributed by atoms with Crippen LogP contribution in [0.4, 0.5) is 10.5 Å². The fourth-order valence-electron chi connectivity index (χ4n) is 2.00. The molecule has 1 aromatic heterocycles. The second kappa shape index (κ2) is 7.21. The number of hydrogen-bond donors (Lipinski definition) is 3. The van der Waals surface area contributed by atoms with Crippen LogP contribution in [0, 0.1) is 10.1 Å². The van der Waals surface area contributed by atoms with Crippen molar-refractivity contribution in [2.24, 2.45) is 0 Å². The zero-order valence-electron chi connectivity index (χ0n) is 12.5. The Morgan fingerprint density at radius 1 is 1.30 bits per heavy atom. The van der Waals surface area contributed by atoms with Crippen LogP contribution in [0.1, 0.15) is 17.4 Å². The highest BCUT2D eigenvalue weighted by molar-refractivity contribution is 7.10. The van der Waals surface area contributed by atoms with E-state index in [0.29, 0.717) is 5.56 Å². The number of nitrogens with one attached hydrogen (secondary N) is 2. The minimum Gasteiger partial charge on any atom is -0.383 e. The molecule has 0 spiro atoms. The largest absolute Gasteiger partial charge is 0.383 e. The van der Waals surface area contributed by atoms with Crippen LogP contribution in [-0.2, 0) is 12.1 Å². The van der Waals surface area contributed by atoms with Gasteiger partial charge in [-0.15, -0.1) is 11.3 Å². The van der Waals surface area contributed by atoms with Crippen LogP contribution >= 0.6 is 11.3 Å². The summed E-state index contributed by atoms with van der Waals surface area (Å²) >= 11 is 1.40. The maximum absolute atomic E-state index is 11.8. The highest BCUT2D eigenvalue weighted by atomic mass is 32.1. The minimum absolute atomic E-state index is 0.0319. The number of nitrogens with zero attached hydrogens (tertiary/aromatic N) is 1. The number of hydrogen-bond acceptors (Lipinski definition) is 5. The predicted molar refractivity (Wildman–Crippen MR) is 87.2 cm³/mol. The average Bonchev–Trinajstić information content (AvgIpc) is 3.06. The molecule has 0 fully saturated rings. The van der Waals surface area contributed by atoms with Crippen LogP contribution < -0.4 is 10.6 Å². The summed E-state index contributed by atoms with van der Waals surface area (Å²) in [5.74, 6) is 0. The van der Waals surface area contributed by atoms with Gasteiger partial charge in [0.25, 0.3) is 5.69 Å². The molecular weight excluding hydrogens is 318 g/mol. The lowest BCUT2D eigenvalue weighted by Gasteiger charge is -2.22. The number of carbonyl (C=O) groups excluding carboxylic acids is 1. The summed E-state index contributed by atoms with van der Waals surface area (Å²) in [6, 6.07) is 9.32. The first-order valence-electron chi connectivity index (χ1n) is 6.90. The Hall–Kier alpha value is -2.45. The summed E-state index contributed by atoms with van der Waals surface area (Å²) in [6.07, 6.45) is 0. The van der Waals surface area contributed by atoms with Crippen molar-refractivity contribution in [1.29, 1.82) is 0 Å². The third-order valence-electron chi connectivity index (χ3n) is 3.27. The number of thiophene rings is 1. The van der Waals surface area contributed by atoms with E-state index in [1.165, 1.54) is 17.4 Å². The fraction of sp³-hybridized carbons (Fsp3) is 0.267. The summed E-state index contributed by atoms with van der Waals surface area (Å²) in [5.41, 5.74) is -0.791. The van der Waals surface area contributed by atoms with E-state index in [2.05, 4.69) is 10.6 Å². The molecule has 8 heteroatoms. The van der Waals surface area contributed by atoms with E-state index in [1.807, 2.05) is 11.4 Å². The SMILES string of the molecule is CC(O)(CNC(=O)NCc1ccccc1[N+](=O)[O-])c1cccs1. The monoisotopic (exact) mass is 335 g/mol. The summed E-state index contributed by atoms with van der Waals surface area (Å²) < 4.78 is 0. The fourth-order valence-corrected chi connectivity index (χ4v) is 2.79. The molecule has 122 valence electrons. The molecule has 0 aliphatic rings. The zero-order chi connectivity index (χ0) is 16.9. The van der Waals surface area contributed by atoms with E-state index < -0.39 is 16.6 Å². The van der Waals surface area contributed by atoms with Gasteiger partial charge in [0.05, 0.1) is 18.0 Å². The van der Waals surface area contributed by atoms with Gasteiger partial charge in [0.1, 0.15) is 5.60 Å². The molecule has 2 amide bonds. The lowest BCUT2D eigenvalue weighted by Crippen LogP contribution is -2.43. The minimum atomic E-state index is -1.16. The predicted octanol–water partition coefficient (Wildman–Crippen LogP) is 2.36. The van der Waals surface area contributed by atoms with E-state index in [4.69, 9.17) is 0 Å². The van der Waals surface area contributed by atoms with Gasteiger partial charge < -0.3 is 15.7 Å². The number of urea groups is 1. The van der Waals surface area contributed by atoms with Gasteiger partial charge in [0, 0.05) is 16.5 Å². The molecule has 0 saturated heterocycles. The van der Waals surface area contributed by atoms with Gasteiger partial charge in [-0.1, -0.05) is 24.3 Å². The Morgan fingerprint density at radius 2 is 2.04 bits per heavy atom. The Bertz CT molecular complexity index is 686. The van der Waals surface area contributed by atoms with Crippen LogP contribution in [0.2, 0.25) is 0 Å². The Balaban J connectivity index is 1.88. The molecule has 1 atom stereocenters. The summed E-state index contributed by atoms with van der Waals surface area (Å²) in [5, 5.41) is 28.2. The van der Waals surface area contributed by atoms with Crippen molar-refractivity contribution in [3.63, 3.8) is 0 Å². The van der Waals surface area contributed by atoms with Crippen molar-refractivity contribution < 1.29 is 14.8 Å². The number of carbonyl (C=O) groups is 1. The van der Waals surface area contributed by atoms with Crippen molar-refractivity contribution in [2.75, 3.05) is 6.54 Å². The summed E-state index contributed by atoms with van der Waals surface area (Å²) in [6.45, 7) is 1.68. The van der Waals surface area contributed by atoms with Gasteiger partial charge in [-0.25, -0.2) is 4.79 Å². The first kappa shape index (κ1) is 16.9. The van der Waals surface area contributed by atoms with Crippen molar-refractivity contribution in [1.82, 2.24) is 10.6 Å². The molecule has 1 heterocycles. The summed E-state index contributed by atoms with van der Waals surface area (Å²) in [7, 11) is 0.